The highest BCUT2D eigenvalue weighted by molar-refractivity contribution is 5.16. The lowest BCUT2D eigenvalue weighted by Crippen LogP contribution is -2.52. The van der Waals surface area contributed by atoms with Gasteiger partial charge in [0.2, 0.25) is 0 Å². The normalized spacial score (nSPS) is 19.3. The molecule has 0 amide bonds. The molecule has 3 heteroatoms. The van der Waals surface area contributed by atoms with Crippen LogP contribution in [0, 0.1) is 11.3 Å². The average molecular weight is 305 g/mol. The van der Waals surface area contributed by atoms with Gasteiger partial charge >= 0.3 is 0 Å². The van der Waals surface area contributed by atoms with Crippen molar-refractivity contribution >= 4 is 0 Å². The summed E-state index contributed by atoms with van der Waals surface area (Å²) in [5, 5.41) is 9.18. The van der Waals surface area contributed by atoms with Gasteiger partial charge in [-0.2, -0.15) is 5.26 Å². The van der Waals surface area contributed by atoms with E-state index in [4.69, 9.17) is 0 Å². The third-order valence-electron chi connectivity index (χ3n) is 4.49. The van der Waals surface area contributed by atoms with Gasteiger partial charge in [-0.1, -0.05) is 60.7 Å². The summed E-state index contributed by atoms with van der Waals surface area (Å²) in [6.45, 7) is 4.96. The number of hydrogen-bond donors (Lipinski definition) is 0. The van der Waals surface area contributed by atoms with E-state index < -0.39 is 0 Å². The lowest BCUT2D eigenvalue weighted by atomic mass is 10.1. The van der Waals surface area contributed by atoms with Crippen molar-refractivity contribution in [1.82, 2.24) is 9.80 Å². The quantitative estimate of drug-likeness (QED) is 0.849. The Morgan fingerprint density at radius 2 is 1.48 bits per heavy atom. The van der Waals surface area contributed by atoms with Crippen molar-refractivity contribution in [3.63, 3.8) is 0 Å². The molecular formula is C20H23N3. The number of hydrogen-bond acceptors (Lipinski definition) is 3. The topological polar surface area (TPSA) is 30.3 Å². The van der Waals surface area contributed by atoms with Crippen LogP contribution in [0.2, 0.25) is 0 Å². The molecule has 2 aromatic carbocycles. The number of piperazine rings is 1. The zero-order valence-electron chi connectivity index (χ0n) is 13.4. The number of rotatable bonds is 5. The van der Waals surface area contributed by atoms with E-state index in [0.29, 0.717) is 12.5 Å². The summed E-state index contributed by atoms with van der Waals surface area (Å²) < 4.78 is 0. The second-order valence-electron chi connectivity index (χ2n) is 6.19. The second-order valence-corrected chi connectivity index (χ2v) is 6.19. The summed E-state index contributed by atoms with van der Waals surface area (Å²) in [5.41, 5.74) is 2.67. The van der Waals surface area contributed by atoms with Gasteiger partial charge in [-0.15, -0.1) is 0 Å². The Bertz CT molecular complexity index is 633. The van der Waals surface area contributed by atoms with Crippen LogP contribution in [0.4, 0.5) is 0 Å². The minimum absolute atomic E-state index is 0.317. The van der Waals surface area contributed by atoms with E-state index in [1.807, 2.05) is 6.07 Å². The molecule has 2 aromatic rings. The summed E-state index contributed by atoms with van der Waals surface area (Å²) >= 11 is 0. The van der Waals surface area contributed by atoms with Gasteiger partial charge < -0.3 is 0 Å². The van der Waals surface area contributed by atoms with Crippen LogP contribution in [0.25, 0.3) is 0 Å². The fraction of sp³-hybridized carbons (Fsp3) is 0.350. The molecule has 1 heterocycles. The van der Waals surface area contributed by atoms with Gasteiger partial charge in [0, 0.05) is 38.8 Å². The summed E-state index contributed by atoms with van der Waals surface area (Å²) in [5.74, 6) is 0. The molecule has 23 heavy (non-hydrogen) atoms. The minimum atomic E-state index is 0.317. The monoisotopic (exact) mass is 305 g/mol. The van der Waals surface area contributed by atoms with Crippen LogP contribution in [0.15, 0.2) is 60.7 Å². The largest absolute Gasteiger partial charge is 0.296 e. The van der Waals surface area contributed by atoms with E-state index >= 15 is 0 Å². The van der Waals surface area contributed by atoms with Crippen LogP contribution >= 0.6 is 0 Å². The maximum Gasteiger partial charge on any atom is 0.0638 e. The molecule has 3 rings (SSSR count). The van der Waals surface area contributed by atoms with Crippen LogP contribution in [-0.2, 0) is 13.1 Å². The standard InChI is InChI=1S/C20H23N3/c21-12-11-20-17-22(15-18-7-3-1-4-8-18)13-14-23(20)16-19-9-5-2-6-10-19/h1-10,20H,11,13-17H2/t20-/m0/s1. The van der Waals surface area contributed by atoms with Crippen LogP contribution < -0.4 is 0 Å². The van der Waals surface area contributed by atoms with E-state index in [0.717, 1.165) is 32.7 Å². The number of benzene rings is 2. The molecule has 1 aliphatic heterocycles. The molecule has 1 fully saturated rings. The first-order chi connectivity index (χ1) is 11.3. The van der Waals surface area contributed by atoms with Gasteiger partial charge in [0.1, 0.15) is 0 Å². The molecule has 0 bridgehead atoms. The maximum atomic E-state index is 9.18. The summed E-state index contributed by atoms with van der Waals surface area (Å²) in [4.78, 5) is 4.93. The van der Waals surface area contributed by atoms with Crippen molar-refractivity contribution in [2.45, 2.75) is 25.6 Å². The molecule has 0 aliphatic carbocycles. The third-order valence-corrected chi connectivity index (χ3v) is 4.49. The fourth-order valence-electron chi connectivity index (χ4n) is 3.27. The van der Waals surface area contributed by atoms with E-state index in [1.54, 1.807) is 0 Å². The average Bonchev–Trinajstić information content (AvgIpc) is 2.59. The van der Waals surface area contributed by atoms with Gasteiger partial charge in [0.05, 0.1) is 12.5 Å². The first-order valence-corrected chi connectivity index (χ1v) is 8.26. The smallest absolute Gasteiger partial charge is 0.0638 e. The molecule has 118 valence electrons. The van der Waals surface area contributed by atoms with E-state index in [-0.39, 0.29) is 0 Å². The molecule has 3 nitrogen and oxygen atoms in total. The first-order valence-electron chi connectivity index (χ1n) is 8.26. The Morgan fingerprint density at radius 1 is 0.870 bits per heavy atom. The molecule has 0 spiro atoms. The van der Waals surface area contributed by atoms with Gasteiger partial charge in [0.15, 0.2) is 0 Å². The third kappa shape index (κ3) is 4.41. The molecule has 0 unspecified atom stereocenters. The Labute approximate surface area is 138 Å². The van der Waals surface area contributed by atoms with E-state index in [9.17, 15) is 5.26 Å². The Morgan fingerprint density at radius 3 is 2.09 bits per heavy atom. The SMILES string of the molecule is N#CC[C@H]1CN(Cc2ccccc2)CCN1Cc1ccccc1. The van der Waals surface area contributed by atoms with Gasteiger partial charge in [0.25, 0.3) is 0 Å². The van der Waals surface area contributed by atoms with Gasteiger partial charge in [-0.3, -0.25) is 9.80 Å². The predicted molar refractivity (Wildman–Crippen MR) is 92.6 cm³/mol. The summed E-state index contributed by atoms with van der Waals surface area (Å²) in [6, 6.07) is 23.8. The zero-order valence-corrected chi connectivity index (χ0v) is 13.4. The first kappa shape index (κ1) is 15.7. The highest BCUT2D eigenvalue weighted by atomic mass is 15.3. The van der Waals surface area contributed by atoms with Gasteiger partial charge in [-0.05, 0) is 11.1 Å². The Balaban J connectivity index is 1.62. The molecule has 0 aromatic heterocycles. The predicted octanol–water partition coefficient (Wildman–Crippen LogP) is 3.29. The summed E-state index contributed by atoms with van der Waals surface area (Å²) in [6.07, 6.45) is 0.595. The van der Waals surface area contributed by atoms with Crippen molar-refractivity contribution in [3.05, 3.63) is 71.8 Å². The molecule has 0 N–H and O–H groups in total. The van der Waals surface area contributed by atoms with Crippen molar-refractivity contribution < 1.29 is 0 Å². The highest BCUT2D eigenvalue weighted by Gasteiger charge is 2.26. The van der Waals surface area contributed by atoms with Crippen molar-refractivity contribution in [3.8, 4) is 6.07 Å². The summed E-state index contributed by atoms with van der Waals surface area (Å²) in [7, 11) is 0. The van der Waals surface area contributed by atoms with Crippen molar-refractivity contribution in [2.24, 2.45) is 0 Å². The molecule has 1 saturated heterocycles. The number of nitriles is 1. The zero-order chi connectivity index (χ0) is 15.9. The van der Waals surface area contributed by atoms with Crippen LogP contribution in [-0.4, -0.2) is 35.5 Å². The fourth-order valence-corrected chi connectivity index (χ4v) is 3.27. The van der Waals surface area contributed by atoms with Crippen molar-refractivity contribution in [1.29, 1.82) is 5.26 Å². The molecule has 0 radical (unpaired) electrons. The van der Waals surface area contributed by atoms with Crippen LogP contribution in [0.5, 0.6) is 0 Å². The van der Waals surface area contributed by atoms with Crippen LogP contribution in [0.3, 0.4) is 0 Å². The molecule has 0 saturated carbocycles. The molecule has 1 atom stereocenters. The molecule has 1 aliphatic rings. The Hall–Kier alpha value is -2.15. The van der Waals surface area contributed by atoms with E-state index in [2.05, 4.69) is 70.5 Å². The Kier molecular flexibility index (Phi) is 5.42. The van der Waals surface area contributed by atoms with Gasteiger partial charge in [-0.25, -0.2) is 0 Å². The minimum Gasteiger partial charge on any atom is -0.296 e. The van der Waals surface area contributed by atoms with Crippen LogP contribution in [0.1, 0.15) is 17.5 Å². The lowest BCUT2D eigenvalue weighted by Gasteiger charge is -2.40. The number of nitrogens with zero attached hydrogens (tertiary/aromatic N) is 3. The lowest BCUT2D eigenvalue weighted by molar-refractivity contribution is 0.0662. The van der Waals surface area contributed by atoms with Crippen molar-refractivity contribution in [2.75, 3.05) is 19.6 Å². The van der Waals surface area contributed by atoms with E-state index in [1.165, 1.54) is 11.1 Å². The highest BCUT2D eigenvalue weighted by Crippen LogP contribution is 2.18. The molecular weight excluding hydrogens is 282 g/mol. The second kappa shape index (κ2) is 7.92. The maximum absolute atomic E-state index is 9.18.